The van der Waals surface area contributed by atoms with Gasteiger partial charge in [-0.2, -0.15) is 10.2 Å². The molecule has 3 aromatic rings. The maximum absolute atomic E-state index is 12.4. The molecule has 1 amide bonds. The number of rotatable bonds is 6. The van der Waals surface area contributed by atoms with Crippen LogP contribution in [0.3, 0.4) is 0 Å². The lowest BCUT2D eigenvalue weighted by Crippen LogP contribution is -2.32. The van der Waals surface area contributed by atoms with Gasteiger partial charge in [-0.1, -0.05) is 17.7 Å². The second-order valence-corrected chi connectivity index (χ2v) is 9.96. The van der Waals surface area contributed by atoms with E-state index in [1.165, 1.54) is 69.2 Å². The highest BCUT2D eigenvalue weighted by Gasteiger charge is 2.24. The largest absolute Gasteiger partial charge is 0.355 e. The van der Waals surface area contributed by atoms with Crippen molar-refractivity contribution in [2.24, 2.45) is 0 Å². The lowest BCUT2D eigenvalue weighted by molar-refractivity contribution is 0.0964. The minimum atomic E-state index is -0.319. The highest BCUT2D eigenvalue weighted by atomic mass is 35.5. The van der Waals surface area contributed by atoms with Crippen molar-refractivity contribution < 1.29 is 4.79 Å². The number of carbonyl (C=O) groups is 1. The molecule has 2 heterocycles. The van der Waals surface area contributed by atoms with Gasteiger partial charge in [0, 0.05) is 18.8 Å². The predicted octanol–water partition coefficient (Wildman–Crippen LogP) is 5.19. The average Bonchev–Trinajstić information content (AvgIpc) is 3.38. The minimum Gasteiger partial charge on any atom is -0.355 e. The van der Waals surface area contributed by atoms with Crippen LogP contribution >= 0.6 is 11.6 Å². The normalized spacial score (nSPS) is 17.4. The van der Waals surface area contributed by atoms with E-state index in [-0.39, 0.29) is 5.91 Å². The van der Waals surface area contributed by atoms with Crippen LogP contribution in [0.4, 0.5) is 23.1 Å². The van der Waals surface area contributed by atoms with E-state index in [9.17, 15) is 10.1 Å². The number of nitrogens with one attached hydrogen (secondary N) is 3. The minimum absolute atomic E-state index is 0.313. The van der Waals surface area contributed by atoms with Gasteiger partial charge >= 0.3 is 0 Å². The van der Waals surface area contributed by atoms with Crippen molar-refractivity contribution >= 4 is 40.6 Å². The van der Waals surface area contributed by atoms with E-state index in [0.717, 1.165) is 18.5 Å². The number of halogens is 1. The Labute approximate surface area is 222 Å². The van der Waals surface area contributed by atoms with E-state index in [0.29, 0.717) is 39.6 Å². The van der Waals surface area contributed by atoms with Crippen LogP contribution in [0.15, 0.2) is 42.6 Å². The van der Waals surface area contributed by atoms with Gasteiger partial charge in [0.15, 0.2) is 5.82 Å². The van der Waals surface area contributed by atoms with Crippen LogP contribution in [0.5, 0.6) is 0 Å². The first-order valence-corrected chi connectivity index (χ1v) is 13.1. The molecule has 2 aliphatic rings. The van der Waals surface area contributed by atoms with Crippen LogP contribution in [0.25, 0.3) is 0 Å². The van der Waals surface area contributed by atoms with E-state index in [1.807, 2.05) is 0 Å². The van der Waals surface area contributed by atoms with Crippen LogP contribution in [-0.2, 0) is 12.8 Å². The summed E-state index contributed by atoms with van der Waals surface area (Å²) in [5.74, 6) is 0.433. The first-order chi connectivity index (χ1) is 18.0. The van der Waals surface area contributed by atoms with E-state index in [1.54, 1.807) is 12.1 Å². The van der Waals surface area contributed by atoms with Crippen molar-refractivity contribution in [3.8, 4) is 6.07 Å². The number of likely N-dealkylation sites (tertiary alicyclic amines) is 1. The zero-order valence-electron chi connectivity index (χ0n) is 20.9. The van der Waals surface area contributed by atoms with E-state index < -0.39 is 0 Å². The molecule has 0 saturated carbocycles. The first-order valence-electron chi connectivity index (χ1n) is 12.7. The van der Waals surface area contributed by atoms with Gasteiger partial charge in [0.05, 0.1) is 29.1 Å². The predicted molar refractivity (Wildman–Crippen MR) is 146 cm³/mol. The zero-order valence-corrected chi connectivity index (χ0v) is 21.6. The van der Waals surface area contributed by atoms with Crippen LogP contribution in [0.2, 0.25) is 5.02 Å². The Morgan fingerprint density at radius 2 is 1.86 bits per heavy atom. The van der Waals surface area contributed by atoms with Crippen LogP contribution in [0.1, 0.15) is 52.7 Å². The molecule has 0 spiro atoms. The fourth-order valence-corrected chi connectivity index (χ4v) is 5.40. The maximum atomic E-state index is 12.4. The summed E-state index contributed by atoms with van der Waals surface area (Å²) >= 11 is 6.38. The molecule has 1 unspecified atom stereocenters. The number of anilines is 4. The summed E-state index contributed by atoms with van der Waals surface area (Å²) in [4.78, 5) is 24.0. The fourth-order valence-electron chi connectivity index (χ4n) is 5.26. The summed E-state index contributed by atoms with van der Waals surface area (Å²) in [6.07, 6.45) is 8.78. The molecule has 8 nitrogen and oxygen atoms in total. The highest BCUT2D eigenvalue weighted by molar-refractivity contribution is 6.33. The molecule has 5 rings (SSSR count). The first kappa shape index (κ1) is 25.0. The quantitative estimate of drug-likeness (QED) is 0.388. The SMILES string of the molecule is CNC(=O)c1cc(C#N)ccc1Nc1nc(Nc2ccc3c(c2)CCC(N2CCCC2)CC3)ncc1Cl. The second kappa shape index (κ2) is 11.2. The molecule has 0 radical (unpaired) electrons. The summed E-state index contributed by atoms with van der Waals surface area (Å²) in [7, 11) is 1.54. The standard InChI is InChI=1S/C28H30ClN7O/c1-31-27(37)23-14-18(16-30)4-11-25(23)34-26-24(29)17-32-28(35-26)33-21-8-5-19-6-9-22(10-7-20(19)15-21)36-12-2-3-13-36/h4-5,8,11,14-15,17,22H,2-3,6-7,9-10,12-13H2,1H3,(H,31,37)(H2,32,33,34,35). The van der Waals surface area contributed by atoms with Gasteiger partial charge in [-0.3, -0.25) is 4.79 Å². The van der Waals surface area contributed by atoms with E-state index >= 15 is 0 Å². The highest BCUT2D eigenvalue weighted by Crippen LogP contribution is 2.30. The summed E-state index contributed by atoms with van der Waals surface area (Å²) in [6.45, 7) is 2.48. The number of carbonyl (C=O) groups excluding carboxylic acids is 1. The Bertz CT molecular complexity index is 1350. The van der Waals surface area contributed by atoms with Crippen molar-refractivity contribution in [3.05, 3.63) is 69.9 Å². The lowest BCUT2D eigenvalue weighted by Gasteiger charge is -2.25. The van der Waals surface area contributed by atoms with Gasteiger partial charge in [-0.15, -0.1) is 0 Å². The number of aromatic nitrogens is 2. The Balaban J connectivity index is 1.33. The summed E-state index contributed by atoms with van der Waals surface area (Å²) in [6, 6.07) is 14.1. The number of aryl methyl sites for hydroxylation is 2. The third-order valence-electron chi connectivity index (χ3n) is 7.23. The smallest absolute Gasteiger partial charge is 0.253 e. The zero-order chi connectivity index (χ0) is 25.8. The lowest BCUT2D eigenvalue weighted by atomic mass is 10.0. The number of nitrogens with zero attached hydrogens (tertiary/aromatic N) is 4. The molecular weight excluding hydrogens is 486 g/mol. The maximum Gasteiger partial charge on any atom is 0.253 e. The third-order valence-corrected chi connectivity index (χ3v) is 7.51. The van der Waals surface area contributed by atoms with Crippen molar-refractivity contribution in [3.63, 3.8) is 0 Å². The van der Waals surface area contributed by atoms with E-state index in [2.05, 4.69) is 55.1 Å². The van der Waals surface area contributed by atoms with Gasteiger partial charge in [0.1, 0.15) is 5.02 Å². The number of hydrogen-bond acceptors (Lipinski definition) is 7. The van der Waals surface area contributed by atoms with Crippen molar-refractivity contribution in [1.82, 2.24) is 20.2 Å². The van der Waals surface area contributed by atoms with Gasteiger partial charge in [-0.05, 0) is 93.1 Å². The Morgan fingerprint density at radius 3 is 2.62 bits per heavy atom. The summed E-state index contributed by atoms with van der Waals surface area (Å²) in [5.41, 5.74) is 4.93. The molecule has 37 heavy (non-hydrogen) atoms. The van der Waals surface area contributed by atoms with Crippen molar-refractivity contribution in [1.29, 1.82) is 5.26 Å². The molecule has 1 aromatic heterocycles. The van der Waals surface area contributed by atoms with Gasteiger partial charge < -0.3 is 20.9 Å². The molecule has 3 N–H and O–H groups in total. The molecule has 2 aromatic carbocycles. The molecule has 1 saturated heterocycles. The van der Waals surface area contributed by atoms with Gasteiger partial charge in [0.25, 0.3) is 5.91 Å². The van der Waals surface area contributed by atoms with Gasteiger partial charge in [-0.25, -0.2) is 4.98 Å². The molecule has 190 valence electrons. The number of fused-ring (bicyclic) bond motifs is 1. The van der Waals surface area contributed by atoms with Crippen molar-refractivity contribution in [2.75, 3.05) is 30.8 Å². The molecule has 1 aliphatic carbocycles. The Morgan fingerprint density at radius 1 is 1.08 bits per heavy atom. The van der Waals surface area contributed by atoms with Crippen LogP contribution < -0.4 is 16.0 Å². The molecule has 0 bridgehead atoms. The monoisotopic (exact) mass is 515 g/mol. The molecule has 1 fully saturated rings. The average molecular weight is 516 g/mol. The molecule has 9 heteroatoms. The number of amides is 1. The number of benzene rings is 2. The third kappa shape index (κ3) is 5.68. The van der Waals surface area contributed by atoms with Gasteiger partial charge in [0.2, 0.25) is 5.95 Å². The molecule has 1 aliphatic heterocycles. The Kier molecular flexibility index (Phi) is 7.54. The van der Waals surface area contributed by atoms with Crippen molar-refractivity contribution in [2.45, 2.75) is 44.6 Å². The summed E-state index contributed by atoms with van der Waals surface area (Å²) < 4.78 is 0. The van der Waals surface area contributed by atoms with Crippen LogP contribution in [-0.4, -0.2) is 47.0 Å². The molecular formula is C28H30ClN7O. The Hall–Kier alpha value is -3.67. The van der Waals surface area contributed by atoms with E-state index in [4.69, 9.17) is 11.6 Å². The summed E-state index contributed by atoms with van der Waals surface area (Å²) in [5, 5.41) is 18.6. The number of hydrogen-bond donors (Lipinski definition) is 3. The fraction of sp³-hybridized carbons (Fsp3) is 0.357. The molecule has 1 atom stereocenters. The second-order valence-electron chi connectivity index (χ2n) is 9.55. The van der Waals surface area contributed by atoms with Crippen LogP contribution in [0, 0.1) is 11.3 Å². The number of nitriles is 1. The topological polar surface area (TPSA) is 106 Å².